The first-order valence-electron chi connectivity index (χ1n) is 10.3. The Hall–Kier alpha value is -2.41. The molecule has 1 aliphatic heterocycles. The van der Waals surface area contributed by atoms with Crippen LogP contribution >= 0.6 is 23.1 Å². The summed E-state index contributed by atoms with van der Waals surface area (Å²) in [6, 6.07) is 20.2. The number of likely N-dealkylation sites (N-methyl/N-ethyl adjacent to an activating group) is 1. The number of para-hydroxylation sites is 1. The first-order chi connectivity index (χ1) is 14.7. The molecule has 4 nitrogen and oxygen atoms in total. The Labute approximate surface area is 184 Å². The molecule has 30 heavy (non-hydrogen) atoms. The number of nitrogens with zero attached hydrogens (tertiary/aromatic N) is 3. The molecule has 0 atom stereocenters. The summed E-state index contributed by atoms with van der Waals surface area (Å²) in [5, 5.41) is 1.58. The van der Waals surface area contributed by atoms with Gasteiger partial charge >= 0.3 is 0 Å². The lowest BCUT2D eigenvalue weighted by Gasteiger charge is -2.25. The molecule has 2 aromatic heterocycles. The summed E-state index contributed by atoms with van der Waals surface area (Å²) in [7, 11) is 0. The van der Waals surface area contributed by atoms with Crippen molar-refractivity contribution in [1.82, 2.24) is 14.5 Å². The third kappa shape index (κ3) is 3.60. The van der Waals surface area contributed by atoms with E-state index in [0.29, 0.717) is 0 Å². The first kappa shape index (κ1) is 19.5. The van der Waals surface area contributed by atoms with Gasteiger partial charge in [-0.3, -0.25) is 14.3 Å². The van der Waals surface area contributed by atoms with Crippen molar-refractivity contribution in [2.24, 2.45) is 0 Å². The van der Waals surface area contributed by atoms with Crippen molar-refractivity contribution in [2.45, 2.75) is 30.8 Å². The van der Waals surface area contributed by atoms with E-state index in [4.69, 9.17) is 4.98 Å². The van der Waals surface area contributed by atoms with E-state index in [1.807, 2.05) is 48.5 Å². The van der Waals surface area contributed by atoms with E-state index in [1.54, 1.807) is 27.7 Å². The summed E-state index contributed by atoms with van der Waals surface area (Å²) in [5.41, 5.74) is 3.37. The average Bonchev–Trinajstić information content (AvgIpc) is 3.16. The molecule has 0 amide bonds. The topological polar surface area (TPSA) is 38.1 Å². The Morgan fingerprint density at radius 1 is 1.07 bits per heavy atom. The van der Waals surface area contributed by atoms with Crippen molar-refractivity contribution < 1.29 is 0 Å². The highest BCUT2D eigenvalue weighted by Crippen LogP contribution is 2.34. The molecule has 0 N–H and O–H groups in total. The summed E-state index contributed by atoms with van der Waals surface area (Å²) >= 11 is 3.32. The van der Waals surface area contributed by atoms with Gasteiger partial charge in [-0.1, -0.05) is 67.2 Å². The number of rotatable bonds is 5. The minimum atomic E-state index is 0.0595. The molecule has 6 heteroatoms. The maximum Gasteiger partial charge on any atom is 0.267 e. The van der Waals surface area contributed by atoms with Crippen molar-refractivity contribution >= 4 is 33.3 Å². The highest BCUT2D eigenvalue weighted by Gasteiger charge is 2.25. The van der Waals surface area contributed by atoms with Gasteiger partial charge in [-0.05, 0) is 36.2 Å². The normalized spacial score (nSPS) is 14.2. The van der Waals surface area contributed by atoms with Gasteiger partial charge in [0.25, 0.3) is 5.56 Å². The smallest absolute Gasteiger partial charge is 0.267 e. The summed E-state index contributed by atoms with van der Waals surface area (Å²) in [6.07, 6.45) is 0.922. The highest BCUT2D eigenvalue weighted by molar-refractivity contribution is 7.98. The third-order valence-electron chi connectivity index (χ3n) is 5.60. The van der Waals surface area contributed by atoms with E-state index >= 15 is 0 Å². The fourth-order valence-electron chi connectivity index (χ4n) is 3.97. The number of hydrogen-bond donors (Lipinski definition) is 0. The molecule has 0 unspecified atom stereocenters. The predicted octanol–water partition coefficient (Wildman–Crippen LogP) is 5.12. The Morgan fingerprint density at radius 3 is 2.53 bits per heavy atom. The number of thiophene rings is 1. The molecule has 2 aromatic carbocycles. The summed E-state index contributed by atoms with van der Waals surface area (Å²) in [4.78, 5) is 23.4. The van der Waals surface area contributed by atoms with E-state index in [1.165, 1.54) is 16.0 Å². The van der Waals surface area contributed by atoms with Gasteiger partial charge in [0.1, 0.15) is 4.83 Å². The fraction of sp³-hybridized carbons (Fsp3) is 0.250. The van der Waals surface area contributed by atoms with Crippen molar-refractivity contribution in [3.05, 3.63) is 87.0 Å². The molecule has 0 saturated carbocycles. The van der Waals surface area contributed by atoms with Crippen LogP contribution in [-0.2, 0) is 18.7 Å². The number of thioether (sulfide) groups is 1. The van der Waals surface area contributed by atoms with Crippen LogP contribution in [0.15, 0.2) is 70.6 Å². The molecule has 0 radical (unpaired) electrons. The number of aromatic nitrogens is 2. The minimum absolute atomic E-state index is 0.0595. The van der Waals surface area contributed by atoms with Gasteiger partial charge < -0.3 is 0 Å². The Bertz CT molecular complexity index is 1230. The van der Waals surface area contributed by atoms with Crippen molar-refractivity contribution in [3.8, 4) is 5.69 Å². The maximum absolute atomic E-state index is 13.7. The molecule has 0 saturated heterocycles. The second kappa shape index (κ2) is 8.38. The highest BCUT2D eigenvalue weighted by atomic mass is 32.2. The van der Waals surface area contributed by atoms with Crippen LogP contribution in [0.1, 0.15) is 22.9 Å². The summed E-state index contributed by atoms with van der Waals surface area (Å²) in [5.74, 6) is 0.778. The van der Waals surface area contributed by atoms with E-state index in [-0.39, 0.29) is 5.56 Å². The standard InChI is InChI=1S/C24H23N3OS2/c1-2-26-14-13-19-20(15-26)30-22-21(19)23(28)27(18-11-7-4-8-12-18)24(25-22)29-16-17-9-5-3-6-10-17/h3-12H,2,13-16H2,1H3. The molecule has 1 aliphatic rings. The van der Waals surface area contributed by atoms with Crippen LogP contribution in [0, 0.1) is 0 Å². The Morgan fingerprint density at radius 2 is 1.80 bits per heavy atom. The molecule has 0 aliphatic carbocycles. The van der Waals surface area contributed by atoms with E-state index < -0.39 is 0 Å². The molecule has 3 heterocycles. The zero-order valence-corrected chi connectivity index (χ0v) is 18.5. The van der Waals surface area contributed by atoms with E-state index in [0.717, 1.165) is 52.9 Å². The molecular weight excluding hydrogens is 410 g/mol. The second-order valence-electron chi connectivity index (χ2n) is 7.45. The summed E-state index contributed by atoms with van der Waals surface area (Å²) < 4.78 is 1.80. The largest absolute Gasteiger partial charge is 0.298 e. The van der Waals surface area contributed by atoms with Crippen molar-refractivity contribution in [1.29, 1.82) is 0 Å². The number of benzene rings is 2. The molecule has 0 bridgehead atoms. The zero-order valence-electron chi connectivity index (χ0n) is 16.9. The van der Waals surface area contributed by atoms with Gasteiger partial charge in [-0.15, -0.1) is 11.3 Å². The lowest BCUT2D eigenvalue weighted by Crippen LogP contribution is -2.30. The predicted molar refractivity (Wildman–Crippen MR) is 126 cm³/mol. The van der Waals surface area contributed by atoms with Crippen LogP contribution in [-0.4, -0.2) is 27.5 Å². The molecular formula is C24H23N3OS2. The first-order valence-corrected chi connectivity index (χ1v) is 12.1. The van der Waals surface area contributed by atoms with Gasteiger partial charge in [0.15, 0.2) is 5.16 Å². The minimum Gasteiger partial charge on any atom is -0.298 e. The van der Waals surface area contributed by atoms with Crippen LogP contribution in [0.2, 0.25) is 0 Å². The molecule has 0 fully saturated rings. The number of fused-ring (bicyclic) bond motifs is 3. The molecule has 152 valence electrons. The van der Waals surface area contributed by atoms with Crippen LogP contribution < -0.4 is 5.56 Å². The quantitative estimate of drug-likeness (QED) is 0.324. The second-order valence-corrected chi connectivity index (χ2v) is 9.47. The molecule has 4 aromatic rings. The van der Waals surface area contributed by atoms with Crippen LogP contribution in [0.25, 0.3) is 15.9 Å². The Kier molecular flexibility index (Phi) is 5.46. The zero-order chi connectivity index (χ0) is 20.5. The van der Waals surface area contributed by atoms with E-state index in [9.17, 15) is 4.79 Å². The Balaban J connectivity index is 1.65. The van der Waals surface area contributed by atoms with Crippen molar-refractivity contribution in [3.63, 3.8) is 0 Å². The molecule has 5 rings (SSSR count). The maximum atomic E-state index is 13.7. The SMILES string of the molecule is CCN1CCc2c(sc3nc(SCc4ccccc4)n(-c4ccccc4)c(=O)c23)C1. The number of hydrogen-bond acceptors (Lipinski definition) is 5. The lowest BCUT2D eigenvalue weighted by molar-refractivity contribution is 0.272. The summed E-state index contributed by atoms with van der Waals surface area (Å²) in [6.45, 7) is 5.15. The van der Waals surface area contributed by atoms with E-state index in [2.05, 4.69) is 24.0 Å². The van der Waals surface area contributed by atoms with Gasteiger partial charge in [-0.2, -0.15) is 0 Å². The van der Waals surface area contributed by atoms with Gasteiger partial charge in [0.05, 0.1) is 11.1 Å². The fourth-order valence-corrected chi connectivity index (χ4v) is 6.24. The van der Waals surface area contributed by atoms with Gasteiger partial charge in [-0.25, -0.2) is 4.98 Å². The molecule has 0 spiro atoms. The van der Waals surface area contributed by atoms with Gasteiger partial charge in [0, 0.05) is 23.7 Å². The van der Waals surface area contributed by atoms with Crippen LogP contribution in [0.3, 0.4) is 0 Å². The van der Waals surface area contributed by atoms with Crippen molar-refractivity contribution in [2.75, 3.05) is 13.1 Å². The monoisotopic (exact) mass is 433 g/mol. The van der Waals surface area contributed by atoms with Crippen LogP contribution in [0.4, 0.5) is 0 Å². The van der Waals surface area contributed by atoms with Gasteiger partial charge in [0.2, 0.25) is 0 Å². The lowest BCUT2D eigenvalue weighted by atomic mass is 10.1. The average molecular weight is 434 g/mol. The third-order valence-corrected chi connectivity index (χ3v) is 7.72. The van der Waals surface area contributed by atoms with Crippen LogP contribution in [0.5, 0.6) is 0 Å².